The lowest BCUT2D eigenvalue weighted by Gasteiger charge is -2.34. The summed E-state index contributed by atoms with van der Waals surface area (Å²) in [5, 5.41) is 4.93. The first-order chi connectivity index (χ1) is 28.1. The van der Waals surface area contributed by atoms with Crippen molar-refractivity contribution in [3.05, 3.63) is 217 Å². The largest absolute Gasteiger partial charge is 0.310 e. The molecule has 2 heteroatoms. The summed E-state index contributed by atoms with van der Waals surface area (Å²) < 4.78 is 2.48. The lowest BCUT2D eigenvalue weighted by Crippen LogP contribution is -2.21. The molecule has 10 aromatic rings. The van der Waals surface area contributed by atoms with Crippen molar-refractivity contribution in [1.82, 2.24) is 4.57 Å². The van der Waals surface area contributed by atoms with Crippen LogP contribution in [0.15, 0.2) is 206 Å². The number of anilines is 3. The molecule has 270 valence electrons. The first kappa shape index (κ1) is 33.2. The Kier molecular flexibility index (Phi) is 7.55. The van der Waals surface area contributed by atoms with Crippen LogP contribution in [0.25, 0.3) is 71.6 Å². The van der Waals surface area contributed by atoms with Gasteiger partial charge < -0.3 is 9.47 Å². The monoisotopic (exact) mass is 728 g/mol. The van der Waals surface area contributed by atoms with Gasteiger partial charge in [0.2, 0.25) is 0 Å². The van der Waals surface area contributed by atoms with Crippen molar-refractivity contribution in [2.24, 2.45) is 0 Å². The summed E-state index contributed by atoms with van der Waals surface area (Å²) in [6.07, 6.45) is 0. The SMILES string of the molecule is CC1(C)c2ccccc2-c2cccc(N(c3cccc(-c4ccccc4)c3)c3ccccc3-c3c(-n4c5ccccc5c5ccccc54)ccc4ccccc34)c21. The van der Waals surface area contributed by atoms with Gasteiger partial charge in [0.1, 0.15) is 0 Å². The van der Waals surface area contributed by atoms with Crippen LogP contribution in [0, 0.1) is 0 Å². The number of fused-ring (bicyclic) bond motifs is 7. The molecule has 1 aromatic heterocycles. The van der Waals surface area contributed by atoms with Gasteiger partial charge in [0.25, 0.3) is 0 Å². The molecule has 9 aromatic carbocycles. The molecule has 0 N–H and O–H groups in total. The van der Waals surface area contributed by atoms with E-state index in [1.807, 2.05) is 0 Å². The molecule has 0 bridgehead atoms. The van der Waals surface area contributed by atoms with Crippen molar-refractivity contribution < 1.29 is 0 Å². The Morgan fingerprint density at radius 3 is 1.79 bits per heavy atom. The zero-order chi connectivity index (χ0) is 38.1. The number of para-hydroxylation sites is 3. The standard InChI is InChI=1S/C55H40N2/c1-55(2)47-29-12-8-24-42(47)45-28-17-33-52(54(45)55)56(40-22-16-21-39(36-40)37-18-4-3-5-19-37)50-32-15-11-27-46(50)53-41-23-7-6-20-38(41)34-35-51(53)57-48-30-13-9-25-43(48)44-26-10-14-31-49(44)57/h3-36H,1-2H3. The maximum Gasteiger partial charge on any atom is 0.0547 e. The van der Waals surface area contributed by atoms with Gasteiger partial charge in [-0.05, 0) is 86.6 Å². The molecule has 1 aliphatic carbocycles. The zero-order valence-electron chi connectivity index (χ0n) is 32.0. The summed E-state index contributed by atoms with van der Waals surface area (Å²) in [4.78, 5) is 2.53. The van der Waals surface area contributed by atoms with Crippen LogP contribution in [0.4, 0.5) is 17.1 Å². The van der Waals surface area contributed by atoms with E-state index >= 15 is 0 Å². The molecule has 57 heavy (non-hydrogen) atoms. The summed E-state index contributed by atoms with van der Waals surface area (Å²) in [5.41, 5.74) is 16.8. The van der Waals surface area contributed by atoms with E-state index in [9.17, 15) is 0 Å². The van der Waals surface area contributed by atoms with E-state index in [-0.39, 0.29) is 5.41 Å². The van der Waals surface area contributed by atoms with E-state index in [2.05, 4.69) is 230 Å². The van der Waals surface area contributed by atoms with Crippen LogP contribution in [0.5, 0.6) is 0 Å². The minimum Gasteiger partial charge on any atom is -0.310 e. The molecule has 0 spiro atoms. The molecule has 0 aliphatic heterocycles. The molecule has 0 atom stereocenters. The molecule has 0 saturated carbocycles. The van der Waals surface area contributed by atoms with Gasteiger partial charge in [0, 0.05) is 33.0 Å². The fraction of sp³-hybridized carbons (Fsp3) is 0.0545. The average molecular weight is 729 g/mol. The highest BCUT2D eigenvalue weighted by Crippen LogP contribution is 2.55. The van der Waals surface area contributed by atoms with Gasteiger partial charge in [-0.1, -0.05) is 178 Å². The van der Waals surface area contributed by atoms with E-state index in [4.69, 9.17) is 0 Å². The summed E-state index contributed by atoms with van der Waals surface area (Å²) >= 11 is 0. The van der Waals surface area contributed by atoms with Gasteiger partial charge in [0.05, 0.1) is 28.1 Å². The Bertz CT molecular complexity index is 3110. The van der Waals surface area contributed by atoms with E-state index in [1.54, 1.807) is 0 Å². The number of hydrogen-bond donors (Lipinski definition) is 0. The van der Waals surface area contributed by atoms with Crippen molar-refractivity contribution in [3.8, 4) is 39.1 Å². The van der Waals surface area contributed by atoms with Crippen LogP contribution in [-0.2, 0) is 5.41 Å². The lowest BCUT2D eigenvalue weighted by atomic mass is 9.81. The Balaban J connectivity index is 1.24. The van der Waals surface area contributed by atoms with Gasteiger partial charge in [-0.2, -0.15) is 0 Å². The van der Waals surface area contributed by atoms with Crippen LogP contribution >= 0.6 is 0 Å². The molecule has 0 radical (unpaired) electrons. The number of rotatable bonds is 6. The molecule has 1 aliphatic rings. The van der Waals surface area contributed by atoms with Gasteiger partial charge >= 0.3 is 0 Å². The normalized spacial score (nSPS) is 12.9. The minimum absolute atomic E-state index is 0.222. The summed E-state index contributed by atoms with van der Waals surface area (Å²) in [7, 11) is 0. The van der Waals surface area contributed by atoms with E-state index < -0.39 is 0 Å². The number of aromatic nitrogens is 1. The molecule has 0 unspecified atom stereocenters. The average Bonchev–Trinajstić information content (AvgIpc) is 3.73. The summed E-state index contributed by atoms with van der Waals surface area (Å²) in [5.74, 6) is 0. The molecule has 0 saturated heterocycles. The second-order valence-corrected chi connectivity index (χ2v) is 15.7. The van der Waals surface area contributed by atoms with Crippen molar-refractivity contribution in [2.45, 2.75) is 19.3 Å². The third-order valence-corrected chi connectivity index (χ3v) is 12.2. The zero-order valence-corrected chi connectivity index (χ0v) is 32.0. The van der Waals surface area contributed by atoms with Gasteiger partial charge in [-0.3, -0.25) is 0 Å². The third kappa shape index (κ3) is 5.11. The number of benzene rings is 9. The Labute approximate surface area is 333 Å². The fourth-order valence-corrected chi connectivity index (χ4v) is 9.66. The van der Waals surface area contributed by atoms with Crippen LogP contribution in [0.2, 0.25) is 0 Å². The Morgan fingerprint density at radius 2 is 1.00 bits per heavy atom. The second kappa shape index (κ2) is 13.0. The van der Waals surface area contributed by atoms with Crippen molar-refractivity contribution >= 4 is 49.6 Å². The second-order valence-electron chi connectivity index (χ2n) is 15.7. The van der Waals surface area contributed by atoms with Crippen molar-refractivity contribution in [1.29, 1.82) is 0 Å². The highest BCUT2D eigenvalue weighted by atomic mass is 15.1. The van der Waals surface area contributed by atoms with Gasteiger partial charge in [0.15, 0.2) is 0 Å². The number of nitrogens with zero attached hydrogens (tertiary/aromatic N) is 2. The van der Waals surface area contributed by atoms with Crippen LogP contribution < -0.4 is 4.90 Å². The van der Waals surface area contributed by atoms with Crippen LogP contribution in [0.1, 0.15) is 25.0 Å². The first-order valence-corrected chi connectivity index (χ1v) is 19.9. The molecule has 11 rings (SSSR count). The maximum absolute atomic E-state index is 2.53. The first-order valence-electron chi connectivity index (χ1n) is 19.9. The Morgan fingerprint density at radius 1 is 0.421 bits per heavy atom. The predicted octanol–water partition coefficient (Wildman–Crippen LogP) is 15.0. The van der Waals surface area contributed by atoms with Crippen molar-refractivity contribution in [3.63, 3.8) is 0 Å². The van der Waals surface area contributed by atoms with E-state index in [0.717, 1.165) is 17.1 Å². The molecule has 2 nitrogen and oxygen atoms in total. The molecular weight excluding hydrogens is 689 g/mol. The topological polar surface area (TPSA) is 8.17 Å². The van der Waals surface area contributed by atoms with E-state index in [1.165, 1.54) is 82.8 Å². The maximum atomic E-state index is 2.53. The smallest absolute Gasteiger partial charge is 0.0547 e. The highest BCUT2D eigenvalue weighted by molar-refractivity contribution is 6.12. The fourth-order valence-electron chi connectivity index (χ4n) is 9.66. The van der Waals surface area contributed by atoms with Gasteiger partial charge in [-0.25, -0.2) is 0 Å². The highest BCUT2D eigenvalue weighted by Gasteiger charge is 2.39. The summed E-state index contributed by atoms with van der Waals surface area (Å²) in [6.45, 7) is 4.77. The minimum atomic E-state index is -0.222. The lowest BCUT2D eigenvalue weighted by molar-refractivity contribution is 0.661. The predicted molar refractivity (Wildman–Crippen MR) is 241 cm³/mol. The molecule has 0 amide bonds. The third-order valence-electron chi connectivity index (χ3n) is 12.2. The Hall–Kier alpha value is -7.16. The van der Waals surface area contributed by atoms with Crippen LogP contribution in [0.3, 0.4) is 0 Å². The molecule has 0 fully saturated rings. The van der Waals surface area contributed by atoms with Crippen LogP contribution in [-0.4, -0.2) is 4.57 Å². The van der Waals surface area contributed by atoms with Gasteiger partial charge in [-0.15, -0.1) is 0 Å². The van der Waals surface area contributed by atoms with Crippen molar-refractivity contribution in [2.75, 3.05) is 4.90 Å². The van der Waals surface area contributed by atoms with E-state index in [0.29, 0.717) is 0 Å². The summed E-state index contributed by atoms with van der Waals surface area (Å²) in [6, 6.07) is 75.7. The number of hydrogen-bond acceptors (Lipinski definition) is 1. The molecular formula is C55H40N2. The molecule has 1 heterocycles. The quantitative estimate of drug-likeness (QED) is 0.165.